The number of hydrogen-bond donors (Lipinski definition) is 1. The third-order valence-electron chi connectivity index (χ3n) is 2.79. The highest BCUT2D eigenvalue weighted by molar-refractivity contribution is 7.22. The summed E-state index contributed by atoms with van der Waals surface area (Å²) in [5.41, 5.74) is 2.85. The Kier molecular flexibility index (Phi) is 3.12. The summed E-state index contributed by atoms with van der Waals surface area (Å²) >= 11 is 7.31. The van der Waals surface area contributed by atoms with E-state index in [-0.39, 0.29) is 5.02 Å². The molecular weight excluding hydrogens is 283 g/mol. The maximum atomic E-state index is 13.1. The van der Waals surface area contributed by atoms with Gasteiger partial charge in [0.2, 0.25) is 0 Å². The smallest absolute Gasteiger partial charge is 0.188 e. The number of fused-ring (bicyclic) bond motifs is 1. The first-order chi connectivity index (χ1) is 9.13. The Morgan fingerprint density at radius 3 is 2.84 bits per heavy atom. The van der Waals surface area contributed by atoms with E-state index in [1.165, 1.54) is 6.07 Å². The monoisotopic (exact) mass is 292 g/mol. The maximum Gasteiger partial charge on any atom is 0.188 e. The Bertz CT molecular complexity index is 754. The molecule has 3 aromatic rings. The summed E-state index contributed by atoms with van der Waals surface area (Å²) in [5, 5.41) is 4.01. The highest BCUT2D eigenvalue weighted by Crippen LogP contribution is 2.30. The lowest BCUT2D eigenvalue weighted by Gasteiger charge is -2.02. The Labute approximate surface area is 118 Å². The molecule has 0 aliphatic rings. The average Bonchev–Trinajstić information content (AvgIpc) is 2.78. The lowest BCUT2D eigenvalue weighted by molar-refractivity contribution is 0.628. The number of aryl methyl sites for hydroxylation is 1. The van der Waals surface area contributed by atoms with E-state index >= 15 is 0 Å². The number of rotatable bonds is 2. The van der Waals surface area contributed by atoms with Gasteiger partial charge < -0.3 is 5.32 Å². The second kappa shape index (κ2) is 4.79. The first-order valence-corrected chi connectivity index (χ1v) is 6.91. The van der Waals surface area contributed by atoms with Crippen LogP contribution in [0.5, 0.6) is 0 Å². The molecule has 0 amide bonds. The van der Waals surface area contributed by atoms with Gasteiger partial charge in [-0.15, -0.1) is 0 Å². The van der Waals surface area contributed by atoms with Crippen molar-refractivity contribution in [2.45, 2.75) is 6.92 Å². The largest absolute Gasteiger partial charge is 0.331 e. The van der Waals surface area contributed by atoms with E-state index in [4.69, 9.17) is 11.6 Å². The minimum Gasteiger partial charge on any atom is -0.331 e. The summed E-state index contributed by atoms with van der Waals surface area (Å²) < 4.78 is 14.2. The lowest BCUT2D eigenvalue weighted by Crippen LogP contribution is -1.90. The van der Waals surface area contributed by atoms with Gasteiger partial charge in [-0.2, -0.15) is 0 Å². The first-order valence-electron chi connectivity index (χ1n) is 5.72. The summed E-state index contributed by atoms with van der Waals surface area (Å²) in [7, 11) is 0. The molecular formula is C14H10ClFN2S. The molecule has 5 heteroatoms. The number of hydrogen-bond acceptors (Lipinski definition) is 3. The molecule has 0 bridgehead atoms. The van der Waals surface area contributed by atoms with Crippen LogP contribution in [-0.2, 0) is 0 Å². The van der Waals surface area contributed by atoms with E-state index in [0.717, 1.165) is 26.6 Å². The molecule has 0 aliphatic carbocycles. The molecule has 3 rings (SSSR count). The van der Waals surface area contributed by atoms with Gasteiger partial charge in [-0.1, -0.05) is 35.1 Å². The van der Waals surface area contributed by atoms with Crippen LogP contribution in [0.1, 0.15) is 5.56 Å². The highest BCUT2D eigenvalue weighted by Gasteiger charge is 2.07. The third-order valence-corrected chi connectivity index (χ3v) is 4.02. The van der Waals surface area contributed by atoms with Gasteiger partial charge in [0.1, 0.15) is 5.82 Å². The van der Waals surface area contributed by atoms with Crippen molar-refractivity contribution < 1.29 is 4.39 Å². The topological polar surface area (TPSA) is 24.9 Å². The summed E-state index contributed by atoms with van der Waals surface area (Å²) in [6.07, 6.45) is 0. The zero-order valence-electron chi connectivity index (χ0n) is 10.1. The molecule has 19 heavy (non-hydrogen) atoms. The molecule has 0 atom stereocenters. The number of nitrogens with one attached hydrogen (secondary N) is 1. The Morgan fingerprint density at radius 1 is 1.26 bits per heavy atom. The van der Waals surface area contributed by atoms with Crippen LogP contribution >= 0.6 is 22.9 Å². The Hall–Kier alpha value is -1.65. The molecule has 0 fully saturated rings. The van der Waals surface area contributed by atoms with Gasteiger partial charge in [0.25, 0.3) is 0 Å². The third kappa shape index (κ3) is 2.41. The molecule has 0 unspecified atom stereocenters. The normalized spacial score (nSPS) is 10.9. The van der Waals surface area contributed by atoms with Crippen molar-refractivity contribution in [2.24, 2.45) is 0 Å². The molecule has 1 aromatic heterocycles. The van der Waals surface area contributed by atoms with Crippen molar-refractivity contribution >= 4 is 44.0 Å². The van der Waals surface area contributed by atoms with Crippen molar-refractivity contribution in [1.82, 2.24) is 4.98 Å². The molecule has 0 spiro atoms. The number of nitrogens with zero attached hydrogens (tertiary/aromatic N) is 1. The average molecular weight is 293 g/mol. The summed E-state index contributed by atoms with van der Waals surface area (Å²) in [6, 6.07) is 10.6. The maximum absolute atomic E-state index is 13.1. The Morgan fingerprint density at radius 2 is 2.11 bits per heavy atom. The molecule has 1 N–H and O–H groups in total. The van der Waals surface area contributed by atoms with Gasteiger partial charge in [0, 0.05) is 5.69 Å². The minimum atomic E-state index is -0.424. The van der Waals surface area contributed by atoms with E-state index in [1.54, 1.807) is 23.5 Å². The van der Waals surface area contributed by atoms with E-state index in [9.17, 15) is 4.39 Å². The number of anilines is 2. The van der Waals surface area contributed by atoms with E-state index < -0.39 is 5.82 Å². The van der Waals surface area contributed by atoms with E-state index in [2.05, 4.69) is 10.3 Å². The zero-order valence-corrected chi connectivity index (χ0v) is 11.6. The predicted molar refractivity (Wildman–Crippen MR) is 79.0 cm³/mol. The Balaban J connectivity index is 1.96. The molecule has 0 aliphatic heterocycles. The van der Waals surface area contributed by atoms with Crippen LogP contribution in [0.25, 0.3) is 10.2 Å². The van der Waals surface area contributed by atoms with Crippen LogP contribution in [-0.4, -0.2) is 4.98 Å². The highest BCUT2D eigenvalue weighted by atomic mass is 35.5. The van der Waals surface area contributed by atoms with Crippen molar-refractivity contribution in [2.75, 3.05) is 5.32 Å². The molecule has 0 saturated heterocycles. The quantitative estimate of drug-likeness (QED) is 0.707. The second-order valence-electron chi connectivity index (χ2n) is 4.19. The molecule has 0 saturated carbocycles. The minimum absolute atomic E-state index is 0.0993. The fourth-order valence-corrected chi connectivity index (χ4v) is 2.98. The van der Waals surface area contributed by atoms with Crippen LogP contribution in [0.2, 0.25) is 5.02 Å². The van der Waals surface area contributed by atoms with Gasteiger partial charge in [0.15, 0.2) is 5.13 Å². The van der Waals surface area contributed by atoms with Crippen LogP contribution in [0.15, 0.2) is 36.4 Å². The van der Waals surface area contributed by atoms with Gasteiger partial charge in [-0.3, -0.25) is 0 Å². The van der Waals surface area contributed by atoms with Crippen molar-refractivity contribution in [3.8, 4) is 0 Å². The SMILES string of the molecule is Cc1cccc2sc(Nc3ccc(F)c(Cl)c3)nc12. The molecule has 2 aromatic carbocycles. The van der Waals surface area contributed by atoms with Gasteiger partial charge in [-0.05, 0) is 36.8 Å². The molecule has 2 nitrogen and oxygen atoms in total. The summed E-state index contributed by atoms with van der Waals surface area (Å²) in [6.45, 7) is 2.03. The summed E-state index contributed by atoms with van der Waals surface area (Å²) in [4.78, 5) is 4.53. The van der Waals surface area contributed by atoms with E-state index in [0.29, 0.717) is 0 Å². The van der Waals surface area contributed by atoms with Crippen molar-refractivity contribution in [1.29, 1.82) is 0 Å². The molecule has 1 heterocycles. The van der Waals surface area contributed by atoms with E-state index in [1.807, 2.05) is 25.1 Å². The van der Waals surface area contributed by atoms with Gasteiger partial charge in [-0.25, -0.2) is 9.37 Å². The zero-order chi connectivity index (χ0) is 13.4. The van der Waals surface area contributed by atoms with Crippen LogP contribution in [0, 0.1) is 12.7 Å². The molecule has 96 valence electrons. The molecule has 0 radical (unpaired) electrons. The van der Waals surface area contributed by atoms with Gasteiger partial charge in [0.05, 0.1) is 15.2 Å². The fourth-order valence-electron chi connectivity index (χ4n) is 1.84. The fraction of sp³-hybridized carbons (Fsp3) is 0.0714. The van der Waals surface area contributed by atoms with Gasteiger partial charge >= 0.3 is 0 Å². The first kappa shape index (κ1) is 12.4. The standard InChI is InChI=1S/C14H10ClFN2S/c1-8-3-2-4-12-13(8)18-14(19-12)17-9-5-6-11(16)10(15)7-9/h2-7H,1H3,(H,17,18). The predicted octanol–water partition coefficient (Wildman–Crippen LogP) is 5.14. The number of aromatic nitrogens is 1. The number of benzene rings is 2. The second-order valence-corrected chi connectivity index (χ2v) is 5.63. The van der Waals surface area contributed by atoms with Crippen molar-refractivity contribution in [3.63, 3.8) is 0 Å². The van der Waals surface area contributed by atoms with Crippen LogP contribution in [0.3, 0.4) is 0 Å². The number of thiazole rings is 1. The van der Waals surface area contributed by atoms with Crippen LogP contribution < -0.4 is 5.32 Å². The number of halogens is 2. The van der Waals surface area contributed by atoms with Crippen LogP contribution in [0.4, 0.5) is 15.2 Å². The van der Waals surface area contributed by atoms with Crippen molar-refractivity contribution in [3.05, 3.63) is 52.8 Å². The number of para-hydroxylation sites is 1. The summed E-state index contributed by atoms with van der Waals surface area (Å²) in [5.74, 6) is -0.424. The lowest BCUT2D eigenvalue weighted by atomic mass is 10.2.